The van der Waals surface area contributed by atoms with Gasteiger partial charge < -0.3 is 9.80 Å². The van der Waals surface area contributed by atoms with Crippen molar-refractivity contribution in [3.05, 3.63) is 76.9 Å². The fourth-order valence-corrected chi connectivity index (χ4v) is 6.18. The Kier molecular flexibility index (Phi) is 7.85. The minimum absolute atomic E-state index is 0.0569. The zero-order valence-electron chi connectivity index (χ0n) is 22.5. The lowest BCUT2D eigenvalue weighted by Crippen LogP contribution is -2.35. The fourth-order valence-electron chi connectivity index (χ4n) is 6.18. The van der Waals surface area contributed by atoms with Crippen molar-refractivity contribution in [2.75, 3.05) is 31.1 Å². The van der Waals surface area contributed by atoms with Crippen LogP contribution in [0.5, 0.6) is 0 Å². The first-order chi connectivity index (χ1) is 18.7. The molecule has 0 spiro atoms. The molecule has 5 rings (SSSR count). The average Bonchev–Trinajstić information content (AvgIpc) is 3.47. The summed E-state index contributed by atoms with van der Waals surface area (Å²) in [6.07, 6.45) is 2.22. The third-order valence-corrected chi connectivity index (χ3v) is 8.50. The number of carbonyl (C=O) groups is 2. The lowest BCUT2D eigenvalue weighted by atomic mass is 9.81. The van der Waals surface area contributed by atoms with Crippen molar-refractivity contribution < 1.29 is 22.8 Å². The number of amides is 2. The molecule has 2 aromatic rings. The number of hydrogen-bond donors (Lipinski definition) is 0. The van der Waals surface area contributed by atoms with Crippen LogP contribution in [0.15, 0.2) is 49.1 Å². The van der Waals surface area contributed by atoms with E-state index >= 15 is 0 Å². The Bertz CT molecular complexity index is 1250. The van der Waals surface area contributed by atoms with Crippen molar-refractivity contribution in [2.45, 2.75) is 58.3 Å². The van der Waals surface area contributed by atoms with E-state index in [4.69, 9.17) is 0 Å². The Morgan fingerprint density at radius 3 is 2.59 bits per heavy atom. The number of anilines is 1. The summed E-state index contributed by atoms with van der Waals surface area (Å²) in [5, 5.41) is 0. The Hall–Kier alpha value is -3.13. The summed E-state index contributed by atoms with van der Waals surface area (Å²) in [7, 11) is 0. The van der Waals surface area contributed by atoms with E-state index in [0.29, 0.717) is 43.3 Å². The predicted molar refractivity (Wildman–Crippen MR) is 145 cm³/mol. The molecule has 0 N–H and O–H groups in total. The van der Waals surface area contributed by atoms with Crippen LogP contribution in [-0.2, 0) is 30.5 Å². The highest BCUT2D eigenvalue weighted by molar-refractivity contribution is 6.10. The van der Waals surface area contributed by atoms with E-state index in [9.17, 15) is 22.8 Å². The molecule has 0 radical (unpaired) electrons. The van der Waals surface area contributed by atoms with Crippen molar-refractivity contribution in [2.24, 2.45) is 11.8 Å². The third-order valence-electron chi connectivity index (χ3n) is 8.50. The largest absolute Gasteiger partial charge is 0.416 e. The highest BCUT2D eigenvalue weighted by Crippen LogP contribution is 2.40. The van der Waals surface area contributed by atoms with E-state index in [1.54, 1.807) is 11.0 Å². The highest BCUT2D eigenvalue weighted by atomic mass is 19.4. The molecule has 2 aliphatic heterocycles. The quantitative estimate of drug-likeness (QED) is 0.364. The number of fused-ring (bicyclic) bond motifs is 1. The number of nitrogens with zero attached hydrogens (tertiary/aromatic N) is 3. The Balaban J connectivity index is 1.34. The van der Waals surface area contributed by atoms with Crippen molar-refractivity contribution in [1.29, 1.82) is 0 Å². The van der Waals surface area contributed by atoms with Gasteiger partial charge in [0.1, 0.15) is 0 Å². The lowest BCUT2D eigenvalue weighted by molar-refractivity contribution is -0.138. The zero-order valence-corrected chi connectivity index (χ0v) is 22.5. The molecule has 2 fully saturated rings. The third kappa shape index (κ3) is 5.91. The van der Waals surface area contributed by atoms with Gasteiger partial charge in [-0.25, -0.2) is 0 Å². The summed E-state index contributed by atoms with van der Waals surface area (Å²) >= 11 is 0. The summed E-state index contributed by atoms with van der Waals surface area (Å²) < 4.78 is 42.6. The number of hydrogen-bond acceptors (Lipinski definition) is 3. The second kappa shape index (κ2) is 11.2. The van der Waals surface area contributed by atoms with Crippen LogP contribution >= 0.6 is 0 Å². The number of benzene rings is 2. The van der Waals surface area contributed by atoms with Gasteiger partial charge in [-0.15, -0.1) is 0 Å². The molecule has 0 bridgehead atoms. The van der Waals surface area contributed by atoms with Gasteiger partial charge >= 0.3 is 6.18 Å². The van der Waals surface area contributed by atoms with Crippen LogP contribution in [0.4, 0.5) is 18.9 Å². The molecule has 1 aliphatic carbocycles. The van der Waals surface area contributed by atoms with E-state index in [0.717, 1.165) is 24.9 Å². The molecule has 208 valence electrons. The van der Waals surface area contributed by atoms with Gasteiger partial charge in [-0.1, -0.05) is 38.0 Å². The zero-order chi connectivity index (χ0) is 27.7. The maximum atomic E-state index is 14.2. The maximum Gasteiger partial charge on any atom is 0.416 e. The molecule has 1 saturated heterocycles. The molecule has 1 saturated carbocycles. The molecule has 8 heteroatoms. The number of likely N-dealkylation sites (N-methyl/N-ethyl adjacent to an activating group) is 1. The summed E-state index contributed by atoms with van der Waals surface area (Å²) in [6, 6.07) is 10.6. The van der Waals surface area contributed by atoms with Crippen LogP contribution in [0.2, 0.25) is 0 Å². The van der Waals surface area contributed by atoms with E-state index < -0.39 is 11.7 Å². The van der Waals surface area contributed by atoms with E-state index in [1.165, 1.54) is 36.3 Å². The van der Waals surface area contributed by atoms with Gasteiger partial charge in [0.15, 0.2) is 0 Å². The smallest absolute Gasteiger partial charge is 0.339 e. The average molecular weight is 540 g/mol. The molecule has 0 aromatic heterocycles. The molecule has 2 amide bonds. The predicted octanol–water partition coefficient (Wildman–Crippen LogP) is 6.06. The van der Waals surface area contributed by atoms with Gasteiger partial charge in [-0.2, -0.15) is 13.2 Å². The van der Waals surface area contributed by atoms with E-state index in [1.807, 2.05) is 31.2 Å². The van der Waals surface area contributed by atoms with Gasteiger partial charge in [0.05, 0.1) is 12.1 Å². The molecule has 2 aromatic carbocycles. The van der Waals surface area contributed by atoms with Gasteiger partial charge in [0.25, 0.3) is 5.91 Å². The number of halogens is 3. The second-order valence-electron chi connectivity index (χ2n) is 11.2. The standard InChI is InChI=1S/C31H36F3N3O2/c1-3-29(38)36(4-2)19-23-11-12-35(17-23)18-24-15-26-27(28(16-24)31(32,33)34)20-37(30(26)39)25-10-6-9-22(14-25)13-21-7-5-8-21/h3,6,9-10,14-16,21,23H,1,4-5,7-8,11-13,17-20H2,2H3. The van der Waals surface area contributed by atoms with Gasteiger partial charge in [-0.05, 0) is 85.2 Å². The van der Waals surface area contributed by atoms with Crippen molar-refractivity contribution in [3.63, 3.8) is 0 Å². The highest BCUT2D eigenvalue weighted by Gasteiger charge is 2.41. The number of alkyl halides is 3. The molecule has 39 heavy (non-hydrogen) atoms. The second-order valence-corrected chi connectivity index (χ2v) is 11.2. The van der Waals surface area contributed by atoms with Crippen LogP contribution in [-0.4, -0.2) is 47.8 Å². The Morgan fingerprint density at radius 2 is 1.92 bits per heavy atom. The Labute approximate surface area is 228 Å². The molecular formula is C31H36F3N3O2. The fraction of sp³-hybridized carbons (Fsp3) is 0.484. The minimum atomic E-state index is -4.55. The van der Waals surface area contributed by atoms with Crippen LogP contribution < -0.4 is 4.90 Å². The number of rotatable bonds is 9. The summed E-state index contributed by atoms with van der Waals surface area (Å²) in [5.74, 6) is 0.415. The van der Waals surface area contributed by atoms with Gasteiger partial charge in [0, 0.05) is 37.4 Å². The van der Waals surface area contributed by atoms with Crippen LogP contribution in [0.3, 0.4) is 0 Å². The van der Waals surface area contributed by atoms with Crippen LogP contribution in [0, 0.1) is 11.8 Å². The first-order valence-corrected chi connectivity index (χ1v) is 13.9. The van der Waals surface area contributed by atoms with Crippen molar-refractivity contribution in [3.8, 4) is 0 Å². The molecule has 1 unspecified atom stereocenters. The summed E-state index contributed by atoms with van der Waals surface area (Å²) in [6.45, 7) is 8.34. The van der Waals surface area contributed by atoms with E-state index in [2.05, 4.69) is 11.5 Å². The van der Waals surface area contributed by atoms with Crippen molar-refractivity contribution >= 4 is 17.5 Å². The number of likely N-dealkylation sites (tertiary alicyclic amines) is 1. The molecule has 3 aliphatic rings. The monoisotopic (exact) mass is 539 g/mol. The maximum absolute atomic E-state index is 14.2. The van der Waals surface area contributed by atoms with Crippen LogP contribution in [0.1, 0.15) is 65.2 Å². The topological polar surface area (TPSA) is 43.9 Å². The van der Waals surface area contributed by atoms with Gasteiger partial charge in [0.2, 0.25) is 5.91 Å². The first kappa shape index (κ1) is 27.4. The molecule has 2 heterocycles. The van der Waals surface area contributed by atoms with E-state index in [-0.39, 0.29) is 35.4 Å². The molecular weight excluding hydrogens is 503 g/mol. The lowest BCUT2D eigenvalue weighted by Gasteiger charge is -2.26. The SMILES string of the molecule is C=CC(=O)N(CC)CC1CCN(Cc2cc3c(c(C(F)(F)F)c2)CN(c2cccc(CC4CCC4)c2)C3=O)C1. The molecule has 1 atom stereocenters. The minimum Gasteiger partial charge on any atom is -0.339 e. The molecule has 5 nitrogen and oxygen atoms in total. The van der Waals surface area contributed by atoms with Crippen LogP contribution in [0.25, 0.3) is 0 Å². The first-order valence-electron chi connectivity index (χ1n) is 13.9. The number of carbonyl (C=O) groups excluding carboxylic acids is 2. The Morgan fingerprint density at radius 1 is 1.13 bits per heavy atom. The summed E-state index contributed by atoms with van der Waals surface area (Å²) in [5.41, 5.74) is 1.75. The van der Waals surface area contributed by atoms with Crippen molar-refractivity contribution in [1.82, 2.24) is 9.80 Å². The normalized spacial score (nSPS) is 19.7. The summed E-state index contributed by atoms with van der Waals surface area (Å²) in [4.78, 5) is 30.8. The van der Waals surface area contributed by atoms with Gasteiger partial charge in [-0.3, -0.25) is 14.5 Å².